The number of halogens is 1. The van der Waals surface area contributed by atoms with Gasteiger partial charge in [0.2, 0.25) is 0 Å². The summed E-state index contributed by atoms with van der Waals surface area (Å²) in [6, 6.07) is 6.94. The number of benzene rings is 1. The van der Waals surface area contributed by atoms with Crippen molar-refractivity contribution in [3.8, 4) is 0 Å². The van der Waals surface area contributed by atoms with Gasteiger partial charge >= 0.3 is 0 Å². The maximum absolute atomic E-state index is 12.1. The summed E-state index contributed by atoms with van der Waals surface area (Å²) in [6.45, 7) is 6.90. The molecular weight excluding hydrogens is 314 g/mol. The SMILES string of the molecule is CC(C)(C)NCCCS(=O)(=O)c1ccccc1Br. The van der Waals surface area contributed by atoms with Gasteiger partial charge in [-0.15, -0.1) is 0 Å². The Morgan fingerprint density at radius 1 is 1.22 bits per heavy atom. The molecule has 0 saturated heterocycles. The Morgan fingerprint density at radius 2 is 1.83 bits per heavy atom. The van der Waals surface area contributed by atoms with Gasteiger partial charge in [0.1, 0.15) is 0 Å². The van der Waals surface area contributed by atoms with E-state index in [4.69, 9.17) is 0 Å². The van der Waals surface area contributed by atoms with Gasteiger partial charge in [-0.25, -0.2) is 8.42 Å². The molecule has 0 saturated carbocycles. The molecule has 0 heterocycles. The van der Waals surface area contributed by atoms with Crippen LogP contribution in [0.5, 0.6) is 0 Å². The third-order valence-corrected chi connectivity index (χ3v) is 5.22. The van der Waals surface area contributed by atoms with E-state index in [-0.39, 0.29) is 11.3 Å². The fourth-order valence-corrected chi connectivity index (χ4v) is 3.95. The molecule has 3 nitrogen and oxygen atoms in total. The second-order valence-corrected chi connectivity index (χ2v) is 8.21. The van der Waals surface area contributed by atoms with Gasteiger partial charge in [-0.05, 0) is 61.8 Å². The Morgan fingerprint density at radius 3 is 2.39 bits per heavy atom. The van der Waals surface area contributed by atoms with Crippen LogP contribution in [0.15, 0.2) is 33.6 Å². The molecule has 0 aliphatic heterocycles. The molecule has 5 heteroatoms. The van der Waals surface area contributed by atoms with E-state index in [1.807, 2.05) is 6.07 Å². The lowest BCUT2D eigenvalue weighted by Crippen LogP contribution is -2.36. The Kier molecular flexibility index (Phi) is 5.37. The fourth-order valence-electron chi connectivity index (χ4n) is 1.53. The highest BCUT2D eigenvalue weighted by molar-refractivity contribution is 9.10. The lowest BCUT2D eigenvalue weighted by atomic mass is 10.1. The third-order valence-electron chi connectivity index (χ3n) is 2.42. The van der Waals surface area contributed by atoms with Gasteiger partial charge in [0, 0.05) is 10.0 Å². The molecule has 102 valence electrons. The Hall–Kier alpha value is -0.390. The van der Waals surface area contributed by atoms with E-state index >= 15 is 0 Å². The van der Waals surface area contributed by atoms with Crippen LogP contribution in [0.2, 0.25) is 0 Å². The molecule has 0 aromatic heterocycles. The van der Waals surface area contributed by atoms with Crippen LogP contribution in [0.4, 0.5) is 0 Å². The summed E-state index contributed by atoms with van der Waals surface area (Å²) in [5.41, 5.74) is 0.0249. The van der Waals surface area contributed by atoms with Gasteiger partial charge in [-0.1, -0.05) is 12.1 Å². The summed E-state index contributed by atoms with van der Waals surface area (Å²) >= 11 is 3.28. The minimum absolute atomic E-state index is 0.0249. The number of rotatable bonds is 5. The topological polar surface area (TPSA) is 46.2 Å². The van der Waals surface area contributed by atoms with Crippen molar-refractivity contribution in [2.45, 2.75) is 37.6 Å². The van der Waals surface area contributed by atoms with Gasteiger partial charge in [0.05, 0.1) is 10.6 Å². The molecule has 0 amide bonds. The highest BCUT2D eigenvalue weighted by Crippen LogP contribution is 2.22. The minimum Gasteiger partial charge on any atom is -0.312 e. The molecule has 1 N–H and O–H groups in total. The van der Waals surface area contributed by atoms with Crippen LogP contribution in [0, 0.1) is 0 Å². The monoisotopic (exact) mass is 333 g/mol. The predicted molar refractivity (Wildman–Crippen MR) is 78.6 cm³/mol. The van der Waals surface area contributed by atoms with Gasteiger partial charge < -0.3 is 5.32 Å². The first kappa shape index (κ1) is 15.7. The van der Waals surface area contributed by atoms with Crippen LogP contribution in [0.1, 0.15) is 27.2 Å². The van der Waals surface area contributed by atoms with Crippen LogP contribution >= 0.6 is 15.9 Å². The summed E-state index contributed by atoms with van der Waals surface area (Å²) < 4.78 is 24.9. The first-order valence-electron chi connectivity index (χ1n) is 5.95. The van der Waals surface area contributed by atoms with Crippen molar-refractivity contribution in [2.75, 3.05) is 12.3 Å². The van der Waals surface area contributed by atoms with Crippen molar-refractivity contribution in [3.63, 3.8) is 0 Å². The lowest BCUT2D eigenvalue weighted by Gasteiger charge is -2.20. The van der Waals surface area contributed by atoms with Crippen molar-refractivity contribution in [1.82, 2.24) is 5.32 Å². The molecular formula is C13H20BrNO2S. The van der Waals surface area contributed by atoms with Crippen molar-refractivity contribution in [2.24, 2.45) is 0 Å². The van der Waals surface area contributed by atoms with Crippen LogP contribution < -0.4 is 5.32 Å². The molecule has 18 heavy (non-hydrogen) atoms. The predicted octanol–water partition coefficient (Wildman–Crippen LogP) is 3.00. The van der Waals surface area contributed by atoms with Crippen molar-refractivity contribution >= 4 is 25.8 Å². The van der Waals surface area contributed by atoms with Crippen molar-refractivity contribution in [1.29, 1.82) is 0 Å². The molecule has 0 unspecified atom stereocenters. The van der Waals surface area contributed by atoms with E-state index in [1.165, 1.54) is 0 Å². The van der Waals surface area contributed by atoms with Crippen LogP contribution in [0.3, 0.4) is 0 Å². The Labute approximate surface area is 118 Å². The molecule has 0 bridgehead atoms. The van der Waals surface area contributed by atoms with Crippen LogP contribution in [-0.4, -0.2) is 26.3 Å². The number of hydrogen-bond donors (Lipinski definition) is 1. The zero-order chi connectivity index (χ0) is 13.8. The first-order valence-corrected chi connectivity index (χ1v) is 8.39. The highest BCUT2D eigenvalue weighted by Gasteiger charge is 2.17. The Balaban J connectivity index is 2.59. The van der Waals surface area contributed by atoms with Gasteiger partial charge in [-0.2, -0.15) is 0 Å². The number of hydrogen-bond acceptors (Lipinski definition) is 3. The molecule has 0 aliphatic carbocycles. The molecule has 0 radical (unpaired) electrons. The standard InChI is InChI=1S/C13H20BrNO2S/c1-13(2,3)15-9-6-10-18(16,17)12-8-5-4-7-11(12)14/h4-5,7-8,15H,6,9-10H2,1-3H3. The maximum Gasteiger partial charge on any atom is 0.179 e. The number of nitrogens with one attached hydrogen (secondary N) is 1. The summed E-state index contributed by atoms with van der Waals surface area (Å²) in [4.78, 5) is 0.376. The van der Waals surface area contributed by atoms with Crippen LogP contribution in [-0.2, 0) is 9.84 Å². The summed E-state index contributed by atoms with van der Waals surface area (Å²) in [5, 5.41) is 3.28. The smallest absolute Gasteiger partial charge is 0.179 e. The summed E-state index contributed by atoms with van der Waals surface area (Å²) in [7, 11) is -3.20. The molecule has 0 spiro atoms. The van der Waals surface area contributed by atoms with E-state index in [0.29, 0.717) is 22.3 Å². The largest absolute Gasteiger partial charge is 0.312 e. The van der Waals surface area contributed by atoms with Gasteiger partial charge in [-0.3, -0.25) is 0 Å². The second-order valence-electron chi connectivity index (χ2n) is 5.28. The average molecular weight is 334 g/mol. The molecule has 1 rings (SSSR count). The van der Waals surface area contributed by atoms with Gasteiger partial charge in [0.15, 0.2) is 9.84 Å². The van der Waals surface area contributed by atoms with E-state index in [9.17, 15) is 8.42 Å². The van der Waals surface area contributed by atoms with E-state index in [1.54, 1.807) is 18.2 Å². The summed E-state index contributed by atoms with van der Waals surface area (Å²) in [5.74, 6) is 0.165. The van der Waals surface area contributed by atoms with E-state index < -0.39 is 9.84 Å². The van der Waals surface area contributed by atoms with Gasteiger partial charge in [0.25, 0.3) is 0 Å². The van der Waals surface area contributed by atoms with Crippen molar-refractivity contribution < 1.29 is 8.42 Å². The Bertz CT molecular complexity index is 492. The normalized spacial score (nSPS) is 12.7. The minimum atomic E-state index is -3.20. The lowest BCUT2D eigenvalue weighted by molar-refractivity contribution is 0.426. The molecule has 0 fully saturated rings. The van der Waals surface area contributed by atoms with E-state index in [2.05, 4.69) is 42.0 Å². The highest BCUT2D eigenvalue weighted by atomic mass is 79.9. The zero-order valence-corrected chi connectivity index (χ0v) is 13.4. The third kappa shape index (κ3) is 5.08. The van der Waals surface area contributed by atoms with Crippen molar-refractivity contribution in [3.05, 3.63) is 28.7 Å². The zero-order valence-electron chi connectivity index (χ0n) is 11.0. The first-order chi connectivity index (χ1) is 8.22. The van der Waals surface area contributed by atoms with Crippen LogP contribution in [0.25, 0.3) is 0 Å². The fraction of sp³-hybridized carbons (Fsp3) is 0.538. The maximum atomic E-state index is 12.1. The van der Waals surface area contributed by atoms with E-state index in [0.717, 1.165) is 0 Å². The summed E-state index contributed by atoms with van der Waals surface area (Å²) in [6.07, 6.45) is 0.612. The molecule has 0 atom stereocenters. The number of sulfone groups is 1. The molecule has 0 aliphatic rings. The quantitative estimate of drug-likeness (QED) is 0.842. The molecule has 1 aromatic carbocycles. The molecule has 1 aromatic rings. The average Bonchev–Trinajstić information content (AvgIpc) is 2.24. The second kappa shape index (κ2) is 6.17.